The maximum absolute atomic E-state index is 12.2. The number of halogens is 4. The number of carbonyl (C=O) groups excluding carboxylic acids is 1. The fourth-order valence-electron chi connectivity index (χ4n) is 3.31. The highest BCUT2D eigenvalue weighted by Gasteiger charge is 2.28. The monoisotopic (exact) mass is 576 g/mol. The molecule has 0 spiro atoms. The standard InChI is InChI=1S/C23H27F3N4O2.HI/c1-27-22(29-14-18-8-10-20(11-9-18)32-16-23(24,25)26)28-13-17-4-6-19(7-5-17)15-30-12-2-3-21(30)31;/h4-11H,2-3,12-16H2,1H3,(H2,27,28,29);1H. The van der Waals surface area contributed by atoms with Crippen LogP contribution >= 0.6 is 24.0 Å². The number of likely N-dealkylation sites (tertiary alicyclic amines) is 1. The number of alkyl halides is 3. The zero-order chi connectivity index (χ0) is 23.0. The fraction of sp³-hybridized carbons (Fsp3) is 0.391. The van der Waals surface area contributed by atoms with E-state index in [9.17, 15) is 18.0 Å². The Labute approximate surface area is 208 Å². The number of guanidine groups is 1. The van der Waals surface area contributed by atoms with Crippen LogP contribution < -0.4 is 15.4 Å². The zero-order valence-corrected chi connectivity index (χ0v) is 20.7. The molecule has 0 saturated carbocycles. The van der Waals surface area contributed by atoms with Crippen LogP contribution in [0.25, 0.3) is 0 Å². The van der Waals surface area contributed by atoms with Gasteiger partial charge in [0, 0.05) is 39.6 Å². The quantitative estimate of drug-likeness (QED) is 0.281. The van der Waals surface area contributed by atoms with Crippen molar-refractivity contribution in [1.29, 1.82) is 0 Å². The molecule has 0 aliphatic carbocycles. The van der Waals surface area contributed by atoms with E-state index in [0.29, 0.717) is 32.0 Å². The molecule has 0 unspecified atom stereocenters. The maximum atomic E-state index is 12.2. The number of benzene rings is 2. The van der Waals surface area contributed by atoms with Crippen LogP contribution in [0.1, 0.15) is 29.5 Å². The minimum absolute atomic E-state index is 0. The van der Waals surface area contributed by atoms with Gasteiger partial charge in [-0.3, -0.25) is 9.79 Å². The van der Waals surface area contributed by atoms with Crippen molar-refractivity contribution in [3.8, 4) is 5.75 Å². The Bertz CT molecular complexity index is 919. The lowest BCUT2D eigenvalue weighted by Crippen LogP contribution is -2.36. The summed E-state index contributed by atoms with van der Waals surface area (Å²) in [6, 6.07) is 14.5. The van der Waals surface area contributed by atoms with Crippen LogP contribution in [0, 0.1) is 0 Å². The summed E-state index contributed by atoms with van der Waals surface area (Å²) in [5.74, 6) is 0.995. The Morgan fingerprint density at radius 3 is 2.03 bits per heavy atom. The van der Waals surface area contributed by atoms with Crippen molar-refractivity contribution in [3.05, 3.63) is 65.2 Å². The molecule has 2 aromatic rings. The number of rotatable bonds is 8. The molecule has 1 aliphatic heterocycles. The molecule has 0 aromatic heterocycles. The van der Waals surface area contributed by atoms with E-state index in [4.69, 9.17) is 4.74 Å². The van der Waals surface area contributed by atoms with E-state index in [1.807, 2.05) is 29.2 Å². The number of nitrogens with zero attached hydrogens (tertiary/aromatic N) is 2. The van der Waals surface area contributed by atoms with Crippen molar-refractivity contribution in [2.75, 3.05) is 20.2 Å². The van der Waals surface area contributed by atoms with E-state index in [1.54, 1.807) is 19.2 Å². The summed E-state index contributed by atoms with van der Waals surface area (Å²) in [5, 5.41) is 6.40. The maximum Gasteiger partial charge on any atom is 0.422 e. The van der Waals surface area contributed by atoms with Gasteiger partial charge < -0.3 is 20.3 Å². The topological polar surface area (TPSA) is 66.0 Å². The average molecular weight is 576 g/mol. The first-order valence-corrected chi connectivity index (χ1v) is 10.4. The molecule has 1 amide bonds. The molecule has 1 aliphatic rings. The van der Waals surface area contributed by atoms with Crippen LogP contribution in [-0.2, 0) is 24.4 Å². The lowest BCUT2D eigenvalue weighted by Gasteiger charge is -2.16. The first-order valence-electron chi connectivity index (χ1n) is 10.4. The van der Waals surface area contributed by atoms with Crippen molar-refractivity contribution in [1.82, 2.24) is 15.5 Å². The van der Waals surface area contributed by atoms with E-state index < -0.39 is 12.8 Å². The number of carbonyl (C=O) groups is 1. The molecule has 0 atom stereocenters. The van der Waals surface area contributed by atoms with Crippen LogP contribution in [0.3, 0.4) is 0 Å². The molecule has 3 rings (SSSR count). The summed E-state index contributed by atoms with van der Waals surface area (Å²) in [7, 11) is 1.67. The van der Waals surface area contributed by atoms with Gasteiger partial charge in [0.15, 0.2) is 12.6 Å². The molecule has 1 fully saturated rings. The van der Waals surface area contributed by atoms with Crippen molar-refractivity contribution in [2.24, 2.45) is 4.99 Å². The molecule has 0 radical (unpaired) electrons. The lowest BCUT2D eigenvalue weighted by molar-refractivity contribution is -0.153. The van der Waals surface area contributed by atoms with Crippen LogP contribution in [0.15, 0.2) is 53.5 Å². The Morgan fingerprint density at radius 1 is 1.00 bits per heavy atom. The molecule has 33 heavy (non-hydrogen) atoms. The third kappa shape index (κ3) is 9.10. The highest BCUT2D eigenvalue weighted by atomic mass is 127. The summed E-state index contributed by atoms with van der Waals surface area (Å²) in [6.07, 6.45) is -2.78. The van der Waals surface area contributed by atoms with Gasteiger partial charge in [-0.25, -0.2) is 0 Å². The van der Waals surface area contributed by atoms with Gasteiger partial charge >= 0.3 is 6.18 Å². The Balaban J connectivity index is 0.00000385. The highest BCUT2D eigenvalue weighted by Crippen LogP contribution is 2.19. The number of nitrogens with one attached hydrogen (secondary N) is 2. The molecule has 2 aromatic carbocycles. The van der Waals surface area contributed by atoms with Crippen LogP contribution in [0.4, 0.5) is 13.2 Å². The minimum Gasteiger partial charge on any atom is -0.484 e. The van der Waals surface area contributed by atoms with Crippen molar-refractivity contribution in [3.63, 3.8) is 0 Å². The lowest BCUT2D eigenvalue weighted by atomic mass is 10.1. The Morgan fingerprint density at radius 2 is 1.55 bits per heavy atom. The summed E-state index contributed by atoms with van der Waals surface area (Å²) in [5.41, 5.74) is 3.07. The van der Waals surface area contributed by atoms with Gasteiger partial charge in [0.05, 0.1) is 0 Å². The summed E-state index contributed by atoms with van der Waals surface area (Å²) < 4.78 is 41.3. The molecule has 10 heteroatoms. The first kappa shape index (κ1) is 26.7. The number of amides is 1. The first-order chi connectivity index (χ1) is 15.3. The van der Waals surface area contributed by atoms with Gasteiger partial charge in [-0.05, 0) is 35.2 Å². The number of hydrogen-bond acceptors (Lipinski definition) is 3. The largest absolute Gasteiger partial charge is 0.484 e. The number of hydrogen-bond donors (Lipinski definition) is 2. The third-order valence-electron chi connectivity index (χ3n) is 5.04. The summed E-state index contributed by atoms with van der Waals surface area (Å²) in [6.45, 7) is 1.20. The van der Waals surface area contributed by atoms with Gasteiger partial charge in [-0.15, -0.1) is 24.0 Å². The minimum atomic E-state index is -4.36. The molecule has 6 nitrogen and oxygen atoms in total. The number of ether oxygens (including phenoxy) is 1. The zero-order valence-electron chi connectivity index (χ0n) is 18.3. The molecule has 180 valence electrons. The second-order valence-electron chi connectivity index (χ2n) is 7.56. The van der Waals surface area contributed by atoms with E-state index in [2.05, 4.69) is 15.6 Å². The number of aliphatic imine (C=N–C) groups is 1. The molecule has 2 N–H and O–H groups in total. The van der Waals surface area contributed by atoms with Crippen LogP contribution in [0.2, 0.25) is 0 Å². The van der Waals surface area contributed by atoms with Gasteiger partial charge in [-0.1, -0.05) is 36.4 Å². The van der Waals surface area contributed by atoms with E-state index >= 15 is 0 Å². The summed E-state index contributed by atoms with van der Waals surface area (Å²) >= 11 is 0. The SMILES string of the molecule is CN=C(NCc1ccc(CN2CCCC2=O)cc1)NCc1ccc(OCC(F)(F)F)cc1.I. The predicted molar refractivity (Wildman–Crippen MR) is 132 cm³/mol. The smallest absolute Gasteiger partial charge is 0.422 e. The molecule has 1 heterocycles. The summed E-state index contributed by atoms with van der Waals surface area (Å²) in [4.78, 5) is 17.8. The molecule has 1 saturated heterocycles. The van der Waals surface area contributed by atoms with Crippen molar-refractivity contribution in [2.45, 2.75) is 38.7 Å². The fourth-order valence-corrected chi connectivity index (χ4v) is 3.31. The van der Waals surface area contributed by atoms with Gasteiger partial charge in [0.2, 0.25) is 5.91 Å². The van der Waals surface area contributed by atoms with Gasteiger partial charge in [0.25, 0.3) is 0 Å². The second-order valence-corrected chi connectivity index (χ2v) is 7.56. The van der Waals surface area contributed by atoms with Gasteiger partial charge in [0.1, 0.15) is 5.75 Å². The van der Waals surface area contributed by atoms with Gasteiger partial charge in [-0.2, -0.15) is 13.2 Å². The van der Waals surface area contributed by atoms with Crippen molar-refractivity contribution < 1.29 is 22.7 Å². The Kier molecular flexibility index (Phi) is 10.3. The van der Waals surface area contributed by atoms with E-state index in [0.717, 1.165) is 29.7 Å². The normalized spacial score (nSPS) is 14.1. The van der Waals surface area contributed by atoms with Crippen LogP contribution in [-0.4, -0.2) is 43.1 Å². The third-order valence-corrected chi connectivity index (χ3v) is 5.04. The van der Waals surface area contributed by atoms with E-state index in [-0.39, 0.29) is 35.6 Å². The average Bonchev–Trinajstić information content (AvgIpc) is 3.18. The Hall–Kier alpha value is -2.50. The predicted octanol–water partition coefficient (Wildman–Crippen LogP) is 4.23. The second kappa shape index (κ2) is 12.7. The van der Waals surface area contributed by atoms with E-state index in [1.165, 1.54) is 12.1 Å². The highest BCUT2D eigenvalue weighted by molar-refractivity contribution is 14.0. The van der Waals surface area contributed by atoms with Crippen LogP contribution in [0.5, 0.6) is 5.75 Å². The van der Waals surface area contributed by atoms with Crippen molar-refractivity contribution >= 4 is 35.8 Å². The molecular formula is C23H28F3IN4O2. The molecule has 0 bridgehead atoms. The molecular weight excluding hydrogens is 548 g/mol.